The van der Waals surface area contributed by atoms with Crippen molar-refractivity contribution in [1.82, 2.24) is 5.43 Å². The molecule has 0 aliphatic heterocycles. The van der Waals surface area contributed by atoms with E-state index in [1.165, 1.54) is 51.4 Å². The Morgan fingerprint density at radius 1 is 1.09 bits per heavy atom. The molecule has 0 aromatic heterocycles. The van der Waals surface area contributed by atoms with Crippen LogP contribution in [0.25, 0.3) is 5.53 Å². The molecule has 3 fully saturated rings. The molecule has 3 heteroatoms. The first-order valence-corrected chi connectivity index (χ1v) is 9.39. The topological polar surface area (TPSA) is 48.3 Å². The van der Waals surface area contributed by atoms with Crippen LogP contribution in [-0.2, 0) is 0 Å². The van der Waals surface area contributed by atoms with Crippen molar-refractivity contribution in [2.24, 2.45) is 34.5 Å². The maximum atomic E-state index is 8.93. The SMILES string of the molecule is C[C@]12CC[C@@H](N[NH+]=[N-])C[C@@H]1CC[C@H]1[C@@H]2CC[C@]2(C)C=CC[C@@H]12. The maximum Gasteiger partial charge on any atom is 0.0118 e. The van der Waals surface area contributed by atoms with Gasteiger partial charge in [-0.1, -0.05) is 26.0 Å². The van der Waals surface area contributed by atoms with Gasteiger partial charge < -0.3 is 0 Å². The van der Waals surface area contributed by atoms with Gasteiger partial charge in [0, 0.05) is 6.04 Å². The molecule has 0 spiro atoms. The minimum atomic E-state index is 0.446. The monoisotopic (exact) mass is 301 g/mol. The predicted molar refractivity (Wildman–Crippen MR) is 87.5 cm³/mol. The molecule has 3 saturated carbocycles. The Morgan fingerprint density at radius 3 is 2.77 bits per heavy atom. The van der Waals surface area contributed by atoms with Gasteiger partial charge in [0.15, 0.2) is 0 Å². The van der Waals surface area contributed by atoms with Gasteiger partial charge >= 0.3 is 0 Å². The summed E-state index contributed by atoms with van der Waals surface area (Å²) in [5, 5.41) is 2.18. The second kappa shape index (κ2) is 5.07. The number of hydrogen-bond donors (Lipinski definition) is 2. The molecule has 0 bridgehead atoms. The zero-order chi connectivity index (χ0) is 15.4. The van der Waals surface area contributed by atoms with Gasteiger partial charge in [0.2, 0.25) is 0 Å². The van der Waals surface area contributed by atoms with Gasteiger partial charge in [-0.25, -0.2) is 0 Å². The van der Waals surface area contributed by atoms with Gasteiger partial charge in [-0.2, -0.15) is 10.8 Å². The van der Waals surface area contributed by atoms with Crippen LogP contribution in [0.3, 0.4) is 0 Å². The molecule has 3 nitrogen and oxygen atoms in total. The lowest BCUT2D eigenvalue weighted by atomic mass is 9.45. The molecule has 0 saturated heterocycles. The molecular formula is C19H31N3. The summed E-state index contributed by atoms with van der Waals surface area (Å²) in [6.07, 6.45) is 15.8. The van der Waals surface area contributed by atoms with Gasteiger partial charge in [0.25, 0.3) is 0 Å². The smallest absolute Gasteiger partial charge is 0.0118 e. The molecule has 4 rings (SSSR count). The second-order valence-corrected chi connectivity index (χ2v) is 9.07. The molecule has 2 N–H and O–H groups in total. The first-order chi connectivity index (χ1) is 10.6. The van der Waals surface area contributed by atoms with Crippen LogP contribution in [0.4, 0.5) is 0 Å². The first-order valence-electron chi connectivity index (χ1n) is 9.39. The molecule has 22 heavy (non-hydrogen) atoms. The summed E-state index contributed by atoms with van der Waals surface area (Å²) in [6, 6.07) is 0.446. The van der Waals surface area contributed by atoms with E-state index in [0.717, 1.165) is 23.7 Å². The molecule has 0 unspecified atom stereocenters. The van der Waals surface area contributed by atoms with Crippen LogP contribution in [-0.4, -0.2) is 6.04 Å². The number of allylic oxidation sites excluding steroid dienone is 2. The second-order valence-electron chi connectivity index (χ2n) is 9.07. The van der Waals surface area contributed by atoms with Gasteiger partial charge in [0.05, 0.1) is 0 Å². The van der Waals surface area contributed by atoms with Crippen LogP contribution < -0.4 is 10.6 Å². The molecule has 4 aliphatic rings. The minimum Gasteiger partial charge on any atom is -0.290 e. The van der Waals surface area contributed by atoms with Gasteiger partial charge in [-0.05, 0) is 85.9 Å². The van der Waals surface area contributed by atoms with Crippen LogP contribution in [0, 0.1) is 34.5 Å². The van der Waals surface area contributed by atoms with Crippen molar-refractivity contribution in [2.75, 3.05) is 0 Å². The number of nitrogens with one attached hydrogen (secondary N) is 2. The van der Waals surface area contributed by atoms with Crippen LogP contribution in [0.15, 0.2) is 12.2 Å². The summed E-state index contributed by atoms with van der Waals surface area (Å²) < 4.78 is 0. The minimum absolute atomic E-state index is 0.446. The number of hydrogen-bond acceptors (Lipinski definition) is 0. The van der Waals surface area contributed by atoms with Crippen LogP contribution >= 0.6 is 0 Å². The lowest BCUT2D eigenvalue weighted by Gasteiger charge is -2.60. The Hall–Kier alpha value is -0.860. The molecule has 122 valence electrons. The third-order valence-electron chi connectivity index (χ3n) is 8.26. The van der Waals surface area contributed by atoms with E-state index >= 15 is 0 Å². The van der Waals surface area contributed by atoms with Crippen molar-refractivity contribution in [3.05, 3.63) is 17.7 Å². The molecule has 0 aromatic rings. The zero-order valence-corrected chi connectivity index (χ0v) is 14.1. The quantitative estimate of drug-likeness (QED) is 0.459. The predicted octanol–water partition coefficient (Wildman–Crippen LogP) is 3.17. The van der Waals surface area contributed by atoms with Gasteiger partial charge in [-0.3, -0.25) is 5.43 Å². The van der Waals surface area contributed by atoms with E-state index in [1.54, 1.807) is 0 Å². The lowest BCUT2D eigenvalue weighted by molar-refractivity contribution is -0.557. The average Bonchev–Trinajstić information content (AvgIpc) is 2.89. The highest BCUT2D eigenvalue weighted by molar-refractivity contribution is 5.16. The molecule has 0 aromatic carbocycles. The summed E-state index contributed by atoms with van der Waals surface area (Å²) in [5.41, 5.74) is 13.0. The molecule has 7 atom stereocenters. The third kappa shape index (κ3) is 2.00. The normalized spacial score (nSPS) is 53.3. The first kappa shape index (κ1) is 14.7. The van der Waals surface area contributed by atoms with Crippen molar-refractivity contribution in [3.63, 3.8) is 0 Å². The van der Waals surface area contributed by atoms with E-state index in [0.29, 0.717) is 16.9 Å². The summed E-state index contributed by atoms with van der Waals surface area (Å²) >= 11 is 0. The Morgan fingerprint density at radius 2 is 1.95 bits per heavy atom. The van der Waals surface area contributed by atoms with Crippen LogP contribution in [0.5, 0.6) is 0 Å². The maximum absolute atomic E-state index is 8.93. The Balaban J connectivity index is 1.56. The van der Waals surface area contributed by atoms with Gasteiger partial charge in [-0.15, -0.1) is 0 Å². The van der Waals surface area contributed by atoms with E-state index in [1.807, 2.05) is 0 Å². The Labute approximate surface area is 134 Å². The fourth-order valence-electron chi connectivity index (χ4n) is 6.96. The van der Waals surface area contributed by atoms with E-state index in [2.05, 4.69) is 36.6 Å². The fraction of sp³-hybridized carbons (Fsp3) is 0.895. The summed E-state index contributed by atoms with van der Waals surface area (Å²) in [6.45, 7) is 5.11. The van der Waals surface area contributed by atoms with E-state index in [-0.39, 0.29) is 0 Å². The van der Waals surface area contributed by atoms with Crippen molar-refractivity contribution in [3.8, 4) is 0 Å². The van der Waals surface area contributed by atoms with Crippen molar-refractivity contribution < 1.29 is 5.22 Å². The molecule has 4 aliphatic carbocycles. The van der Waals surface area contributed by atoms with Crippen LogP contribution in [0.2, 0.25) is 0 Å². The van der Waals surface area contributed by atoms with Gasteiger partial charge in [0.1, 0.15) is 0 Å². The fourth-order valence-corrected chi connectivity index (χ4v) is 6.96. The molecule has 0 radical (unpaired) electrons. The summed E-state index contributed by atoms with van der Waals surface area (Å²) in [5.74, 6) is 3.65. The largest absolute Gasteiger partial charge is 0.290 e. The standard InChI is InChI=1S/C19H31N3/c1-18-9-3-4-16(18)15-6-5-13-12-14(21-22-20)7-11-19(13,2)17(15)8-10-18/h3,9,13-17,22H,4-8,10-12H2,1-2H3,(H-,20,21)/t13-,14+,15+,16-,17-,18-,19-/m0/s1. The van der Waals surface area contributed by atoms with Crippen molar-refractivity contribution in [1.29, 1.82) is 0 Å². The average molecular weight is 301 g/mol. The molecular weight excluding hydrogens is 270 g/mol. The number of nitrogens with zero attached hydrogens (tertiary/aromatic N) is 1. The molecule has 0 heterocycles. The van der Waals surface area contributed by atoms with Crippen LogP contribution in [0.1, 0.15) is 65.2 Å². The summed E-state index contributed by atoms with van der Waals surface area (Å²) in [4.78, 5) is 0. The highest BCUT2D eigenvalue weighted by Crippen LogP contribution is 2.64. The highest BCUT2D eigenvalue weighted by atomic mass is 15.4. The number of hydrazine groups is 1. The number of rotatable bonds is 2. The van der Waals surface area contributed by atoms with Crippen molar-refractivity contribution in [2.45, 2.75) is 71.3 Å². The van der Waals surface area contributed by atoms with E-state index < -0.39 is 0 Å². The highest BCUT2D eigenvalue weighted by Gasteiger charge is 2.56. The Kier molecular flexibility index (Phi) is 3.39. The van der Waals surface area contributed by atoms with E-state index in [9.17, 15) is 0 Å². The molecule has 0 amide bonds. The number of fused-ring (bicyclic) bond motifs is 5. The third-order valence-corrected chi connectivity index (χ3v) is 8.26. The van der Waals surface area contributed by atoms with E-state index in [4.69, 9.17) is 5.53 Å². The Bertz CT molecular complexity index is 487. The summed E-state index contributed by atoms with van der Waals surface area (Å²) in [7, 11) is 0. The lowest BCUT2D eigenvalue weighted by Crippen LogP contribution is -2.78. The zero-order valence-electron chi connectivity index (χ0n) is 14.1. The van der Waals surface area contributed by atoms with Crippen molar-refractivity contribution >= 4 is 0 Å².